The van der Waals surface area contributed by atoms with Crippen molar-refractivity contribution >= 4 is 23.5 Å². The van der Waals surface area contributed by atoms with E-state index in [1.807, 2.05) is 4.90 Å². The smallest absolute Gasteiger partial charge is 0.227 e. The maximum Gasteiger partial charge on any atom is 0.227 e. The van der Waals surface area contributed by atoms with Crippen molar-refractivity contribution in [3.8, 4) is 5.75 Å². The summed E-state index contributed by atoms with van der Waals surface area (Å²) < 4.78 is 20.6. The third-order valence-electron chi connectivity index (χ3n) is 9.12. The highest BCUT2D eigenvalue weighted by molar-refractivity contribution is 6.30. The van der Waals surface area contributed by atoms with E-state index in [9.17, 15) is 24.5 Å². The molecule has 3 aliphatic heterocycles. The largest absolute Gasteiger partial charge is 0.493 e. The third kappa shape index (κ3) is 7.55. The van der Waals surface area contributed by atoms with Gasteiger partial charge in [-0.1, -0.05) is 17.7 Å². The summed E-state index contributed by atoms with van der Waals surface area (Å²) in [5.74, 6) is 1.12. The lowest BCUT2D eigenvalue weighted by Gasteiger charge is -2.63. The molecule has 236 valence electrons. The molecule has 1 spiro atoms. The van der Waals surface area contributed by atoms with Gasteiger partial charge in [0.25, 0.3) is 0 Å². The molecule has 3 saturated heterocycles. The highest BCUT2D eigenvalue weighted by atomic mass is 35.5. The molecule has 0 bridgehead atoms. The van der Waals surface area contributed by atoms with Crippen LogP contribution in [0.1, 0.15) is 37.7 Å². The second kappa shape index (κ2) is 14.0. The molecule has 3 unspecified atom stereocenters. The van der Waals surface area contributed by atoms with Crippen LogP contribution in [-0.4, -0.2) is 122 Å². The molecule has 4 heterocycles. The van der Waals surface area contributed by atoms with Crippen LogP contribution in [0, 0.1) is 11.7 Å². The van der Waals surface area contributed by atoms with E-state index in [0.29, 0.717) is 54.4 Å². The van der Waals surface area contributed by atoms with Crippen molar-refractivity contribution in [3.05, 3.63) is 47.0 Å². The number of carbonyl (C=O) groups excluding carboxylic acids is 1. The van der Waals surface area contributed by atoms with E-state index in [1.165, 1.54) is 6.07 Å². The fourth-order valence-electron chi connectivity index (χ4n) is 6.26. The highest BCUT2D eigenvalue weighted by Gasteiger charge is 2.55. The van der Waals surface area contributed by atoms with Crippen LogP contribution in [0.4, 0.5) is 10.3 Å². The van der Waals surface area contributed by atoms with Crippen LogP contribution in [0.2, 0.25) is 5.02 Å². The van der Waals surface area contributed by atoms with Crippen LogP contribution in [0.3, 0.4) is 0 Å². The number of rotatable bonds is 13. The molecule has 0 saturated carbocycles. The first-order chi connectivity index (χ1) is 20.7. The molecular weight excluding hydrogens is 581 g/mol. The van der Waals surface area contributed by atoms with Gasteiger partial charge in [0, 0.05) is 45.3 Å². The molecule has 1 aromatic carbocycles. The number of halogens is 2. The molecule has 3 atom stereocenters. The van der Waals surface area contributed by atoms with Gasteiger partial charge in [-0.15, -0.1) is 0 Å². The Balaban J connectivity index is 0.993. The van der Waals surface area contributed by atoms with Gasteiger partial charge in [0.15, 0.2) is 0 Å². The lowest BCUT2D eigenvalue weighted by molar-refractivity contribution is -0.170. The van der Waals surface area contributed by atoms with Crippen LogP contribution in [-0.2, 0) is 11.2 Å². The summed E-state index contributed by atoms with van der Waals surface area (Å²) in [7, 11) is 0. The second-order valence-electron chi connectivity index (χ2n) is 12.0. The Morgan fingerprint density at radius 3 is 2.47 bits per heavy atom. The SMILES string of the molecule is O=C(Cc1ccc(OCCCC2CCN(c3ncc(Cl)cn3)CC2)cc1F)N1CC2(CCN2CC(O)C(O)C(O)CO)C1. The number of nitrogens with zero attached hydrogens (tertiary/aromatic N) is 5. The number of likely N-dealkylation sites (tertiary alicyclic amines) is 2. The van der Waals surface area contributed by atoms with Crippen LogP contribution >= 0.6 is 11.6 Å². The van der Waals surface area contributed by atoms with Crippen LogP contribution in [0.15, 0.2) is 30.6 Å². The molecule has 0 aliphatic carbocycles. The minimum atomic E-state index is -1.45. The van der Waals surface area contributed by atoms with Gasteiger partial charge in [0.05, 0.1) is 48.7 Å². The van der Waals surface area contributed by atoms with Gasteiger partial charge in [-0.3, -0.25) is 9.69 Å². The number of aromatic nitrogens is 2. The molecule has 4 N–H and O–H groups in total. The minimum absolute atomic E-state index is 0.0496. The topological polar surface area (TPSA) is 143 Å². The van der Waals surface area contributed by atoms with E-state index in [-0.39, 0.29) is 24.4 Å². The van der Waals surface area contributed by atoms with E-state index < -0.39 is 30.7 Å². The van der Waals surface area contributed by atoms with Gasteiger partial charge in [-0.2, -0.15) is 0 Å². The molecule has 11 nitrogen and oxygen atoms in total. The van der Waals surface area contributed by atoms with Gasteiger partial charge in [0.1, 0.15) is 23.8 Å². The number of benzene rings is 1. The van der Waals surface area contributed by atoms with E-state index in [2.05, 4.69) is 14.9 Å². The Bertz CT molecular complexity index is 1230. The van der Waals surface area contributed by atoms with Gasteiger partial charge in [0.2, 0.25) is 11.9 Å². The molecule has 43 heavy (non-hydrogen) atoms. The molecule has 1 aromatic heterocycles. The maximum atomic E-state index is 14.8. The summed E-state index contributed by atoms with van der Waals surface area (Å²) in [4.78, 5) is 27.3. The maximum absolute atomic E-state index is 14.8. The molecule has 13 heteroatoms. The number of hydrogen-bond acceptors (Lipinski definition) is 10. The first-order valence-electron chi connectivity index (χ1n) is 15.0. The highest BCUT2D eigenvalue weighted by Crippen LogP contribution is 2.39. The Morgan fingerprint density at radius 1 is 1.12 bits per heavy atom. The molecule has 0 radical (unpaired) electrons. The Labute approximate surface area is 255 Å². The van der Waals surface area contributed by atoms with Gasteiger partial charge in [-0.25, -0.2) is 14.4 Å². The number of aliphatic hydroxyl groups excluding tert-OH is 4. The Morgan fingerprint density at radius 2 is 1.84 bits per heavy atom. The zero-order valence-corrected chi connectivity index (χ0v) is 24.9. The summed E-state index contributed by atoms with van der Waals surface area (Å²) in [6.07, 6.45) is 3.96. The van der Waals surface area contributed by atoms with Gasteiger partial charge < -0.3 is 35.0 Å². The molecule has 1 amide bonds. The van der Waals surface area contributed by atoms with Gasteiger partial charge in [-0.05, 0) is 49.7 Å². The van der Waals surface area contributed by atoms with Crippen molar-refractivity contribution < 1.29 is 34.3 Å². The lowest BCUT2D eigenvalue weighted by Crippen LogP contribution is -2.78. The molecular formula is C30H41ClFN5O6. The number of amides is 1. The number of anilines is 1. The second-order valence-corrected chi connectivity index (χ2v) is 12.5. The summed E-state index contributed by atoms with van der Waals surface area (Å²) in [6.45, 7) is 3.43. The summed E-state index contributed by atoms with van der Waals surface area (Å²) >= 11 is 5.88. The average molecular weight is 622 g/mol. The molecule has 3 fully saturated rings. The Hall–Kier alpha value is -2.61. The standard InChI is InChI=1S/C30H41ClFN5O6/c31-22-14-33-29(34-15-22)35-8-5-20(6-9-35)2-1-11-43-23-4-3-21(24(32)13-23)12-27(41)36-18-30(19-36)7-10-37(30)16-25(39)28(42)26(40)17-38/h3-4,13-15,20,25-26,28,38-40,42H,1-2,5-12,16-19H2. The van der Waals surface area contributed by atoms with Crippen molar-refractivity contribution in [1.82, 2.24) is 19.8 Å². The van der Waals surface area contributed by atoms with Crippen LogP contribution < -0.4 is 9.64 Å². The van der Waals surface area contributed by atoms with Crippen molar-refractivity contribution in [2.75, 3.05) is 57.4 Å². The fourth-order valence-corrected chi connectivity index (χ4v) is 6.35. The van der Waals surface area contributed by atoms with Gasteiger partial charge >= 0.3 is 0 Å². The van der Waals surface area contributed by atoms with Crippen LogP contribution in [0.5, 0.6) is 5.75 Å². The van der Waals surface area contributed by atoms with Crippen molar-refractivity contribution in [3.63, 3.8) is 0 Å². The normalized spacial score (nSPS) is 20.8. The quantitative estimate of drug-likeness (QED) is 0.241. The van der Waals surface area contributed by atoms with Crippen LogP contribution in [0.25, 0.3) is 0 Å². The third-order valence-corrected chi connectivity index (χ3v) is 9.31. The number of hydrogen-bond donors (Lipinski definition) is 4. The molecule has 2 aromatic rings. The number of aliphatic hydroxyl groups is 4. The van der Waals surface area contributed by atoms with E-state index in [4.69, 9.17) is 21.4 Å². The predicted octanol–water partition coefficient (Wildman–Crippen LogP) is 1.25. The van der Waals surface area contributed by atoms with Crippen molar-refractivity contribution in [1.29, 1.82) is 0 Å². The lowest BCUT2D eigenvalue weighted by atomic mass is 9.76. The van der Waals surface area contributed by atoms with Crippen molar-refractivity contribution in [2.45, 2.75) is 62.4 Å². The van der Waals surface area contributed by atoms with E-state index >= 15 is 0 Å². The van der Waals surface area contributed by atoms with Crippen molar-refractivity contribution in [2.24, 2.45) is 5.92 Å². The summed E-state index contributed by atoms with van der Waals surface area (Å²) in [6, 6.07) is 4.65. The zero-order valence-electron chi connectivity index (χ0n) is 24.2. The van der Waals surface area contributed by atoms with E-state index in [1.54, 1.807) is 29.4 Å². The minimum Gasteiger partial charge on any atom is -0.493 e. The summed E-state index contributed by atoms with van der Waals surface area (Å²) in [5.41, 5.74) is 0.0514. The average Bonchev–Trinajstić information content (AvgIpc) is 2.98. The number of carbonyl (C=O) groups is 1. The monoisotopic (exact) mass is 621 g/mol. The molecule has 3 aliphatic rings. The van der Waals surface area contributed by atoms with E-state index in [0.717, 1.165) is 45.2 Å². The fraction of sp³-hybridized carbons (Fsp3) is 0.633. The predicted molar refractivity (Wildman–Crippen MR) is 157 cm³/mol. The number of piperidine rings is 1. The first-order valence-corrected chi connectivity index (χ1v) is 15.4. The number of β-amino-alcohol motifs (C(OH)–C–C–N with tert-alkyl or cyclic N) is 1. The Kier molecular flexibility index (Phi) is 10.4. The number of ether oxygens (including phenoxy) is 1. The molecule has 5 rings (SSSR count). The first kappa shape index (κ1) is 31.8. The summed E-state index contributed by atoms with van der Waals surface area (Å²) in [5, 5.41) is 39.2. The zero-order chi connectivity index (χ0) is 30.6.